The van der Waals surface area contributed by atoms with Crippen LogP contribution in [0.25, 0.3) is 21.9 Å². The maximum absolute atomic E-state index is 11.1. The van der Waals surface area contributed by atoms with Crippen molar-refractivity contribution in [3.8, 4) is 0 Å². The lowest BCUT2D eigenvalue weighted by Crippen LogP contribution is -2.22. The van der Waals surface area contributed by atoms with Crippen LogP contribution in [0.3, 0.4) is 0 Å². The first-order valence-corrected chi connectivity index (χ1v) is 9.57. The van der Waals surface area contributed by atoms with Crippen LogP contribution in [-0.2, 0) is 16.4 Å². The van der Waals surface area contributed by atoms with Gasteiger partial charge in [-0.15, -0.1) is 0 Å². The fourth-order valence-corrected chi connectivity index (χ4v) is 3.36. The average molecular weight is 346 g/mol. The zero-order valence-electron chi connectivity index (χ0n) is 13.5. The summed E-state index contributed by atoms with van der Waals surface area (Å²) in [5.74, 6) is 0.941. The Kier molecular flexibility index (Phi) is 4.42. The molecule has 4 N–H and O–H groups in total. The Balaban J connectivity index is 1.87. The van der Waals surface area contributed by atoms with Crippen molar-refractivity contribution < 1.29 is 8.42 Å². The van der Waals surface area contributed by atoms with Crippen molar-refractivity contribution in [1.82, 2.24) is 19.7 Å². The monoisotopic (exact) mass is 346 g/mol. The number of nitrogens with zero attached hydrogens (tertiary/aromatic N) is 2. The smallest absolute Gasteiger partial charge is 0.208 e. The molecular formula is C16H20N5O2S. The highest BCUT2D eigenvalue weighted by molar-refractivity contribution is 7.88. The third-order valence-corrected chi connectivity index (χ3v) is 4.58. The van der Waals surface area contributed by atoms with Crippen LogP contribution in [0.2, 0.25) is 0 Å². The van der Waals surface area contributed by atoms with E-state index in [1.165, 1.54) is 6.26 Å². The third kappa shape index (κ3) is 3.49. The zero-order chi connectivity index (χ0) is 17.3. The summed E-state index contributed by atoms with van der Waals surface area (Å²) < 4.78 is 24.6. The second kappa shape index (κ2) is 6.37. The fourth-order valence-electron chi connectivity index (χ4n) is 2.85. The standard InChI is InChI=1S/C16H20N5O2S/c1-10-19-14-13-11(6-3-4-9-18-24(2,22)23)7-5-8-12(13)21-16(17)15(14)20-10/h5,7-8,18H,1,3-4,6,9H2,2H3,(H2,17,21)(H,19,20). The molecule has 0 unspecified atom stereocenters. The van der Waals surface area contributed by atoms with E-state index < -0.39 is 10.0 Å². The molecule has 2 heterocycles. The molecule has 2 aromatic heterocycles. The van der Waals surface area contributed by atoms with E-state index >= 15 is 0 Å². The molecule has 0 aliphatic carbocycles. The van der Waals surface area contributed by atoms with Crippen LogP contribution >= 0.6 is 0 Å². The van der Waals surface area contributed by atoms with Gasteiger partial charge in [0.15, 0.2) is 5.82 Å². The number of nitrogens with two attached hydrogens (primary N) is 1. The number of H-pyrrole nitrogens is 1. The minimum Gasteiger partial charge on any atom is -0.382 e. The third-order valence-electron chi connectivity index (χ3n) is 3.85. The number of sulfonamides is 1. The number of fused-ring (bicyclic) bond motifs is 3. The Labute approximate surface area is 140 Å². The van der Waals surface area contributed by atoms with Crippen molar-refractivity contribution >= 4 is 37.8 Å². The van der Waals surface area contributed by atoms with Gasteiger partial charge in [0.05, 0.1) is 17.3 Å². The van der Waals surface area contributed by atoms with Gasteiger partial charge in [-0.3, -0.25) is 0 Å². The van der Waals surface area contributed by atoms with Gasteiger partial charge in [-0.05, 0) is 30.9 Å². The number of nitrogens with one attached hydrogen (secondary N) is 2. The fraction of sp³-hybridized carbons (Fsp3) is 0.312. The number of benzene rings is 1. The second-order valence-corrected chi connectivity index (χ2v) is 7.67. The second-order valence-electron chi connectivity index (χ2n) is 5.84. The number of aryl methyl sites for hydroxylation is 1. The first-order valence-electron chi connectivity index (χ1n) is 7.68. The molecular weight excluding hydrogens is 326 g/mol. The Morgan fingerprint density at radius 2 is 2.08 bits per heavy atom. The van der Waals surface area contributed by atoms with E-state index in [1.54, 1.807) is 0 Å². The predicted octanol–water partition coefficient (Wildman–Crippen LogP) is 1.75. The van der Waals surface area contributed by atoms with Crippen molar-refractivity contribution in [3.63, 3.8) is 0 Å². The van der Waals surface area contributed by atoms with Crippen LogP contribution in [-0.4, -0.2) is 36.2 Å². The maximum atomic E-state index is 11.1. The van der Waals surface area contributed by atoms with Gasteiger partial charge in [0.25, 0.3) is 0 Å². The van der Waals surface area contributed by atoms with Crippen LogP contribution in [0, 0.1) is 6.92 Å². The van der Waals surface area contributed by atoms with E-state index in [4.69, 9.17) is 5.73 Å². The van der Waals surface area contributed by atoms with Crippen LogP contribution < -0.4 is 10.5 Å². The Bertz CT molecular complexity index is 995. The molecule has 0 spiro atoms. The SMILES string of the molecule is [CH2]c1nc2c(N)nc3cccc(CCCCNS(C)(=O)=O)c3c2[nH]1. The molecule has 0 atom stereocenters. The van der Waals surface area contributed by atoms with Gasteiger partial charge < -0.3 is 10.7 Å². The maximum Gasteiger partial charge on any atom is 0.208 e. The molecule has 1 aromatic carbocycles. The van der Waals surface area contributed by atoms with Crippen LogP contribution in [0.5, 0.6) is 0 Å². The molecule has 24 heavy (non-hydrogen) atoms. The van der Waals surface area contributed by atoms with Crippen molar-refractivity contribution in [2.45, 2.75) is 19.3 Å². The largest absolute Gasteiger partial charge is 0.382 e. The highest BCUT2D eigenvalue weighted by atomic mass is 32.2. The lowest BCUT2D eigenvalue weighted by atomic mass is 10.0. The molecule has 0 amide bonds. The molecule has 3 rings (SSSR count). The predicted molar refractivity (Wildman–Crippen MR) is 96.1 cm³/mol. The number of aromatic amines is 1. The quantitative estimate of drug-likeness (QED) is 0.588. The number of hydrogen-bond donors (Lipinski definition) is 3. The van der Waals surface area contributed by atoms with E-state index in [2.05, 4.69) is 26.6 Å². The van der Waals surface area contributed by atoms with Gasteiger partial charge in [0, 0.05) is 18.9 Å². The number of anilines is 1. The normalized spacial score (nSPS) is 12.2. The highest BCUT2D eigenvalue weighted by Gasteiger charge is 2.13. The number of unbranched alkanes of at least 4 members (excludes halogenated alkanes) is 1. The van der Waals surface area contributed by atoms with Crippen molar-refractivity contribution in [2.75, 3.05) is 18.5 Å². The van der Waals surface area contributed by atoms with Gasteiger partial charge in [-0.25, -0.2) is 23.1 Å². The topological polar surface area (TPSA) is 114 Å². The summed E-state index contributed by atoms with van der Waals surface area (Å²) >= 11 is 0. The number of imidazole rings is 1. The Morgan fingerprint density at radius 3 is 2.83 bits per heavy atom. The summed E-state index contributed by atoms with van der Waals surface area (Å²) in [6.07, 6.45) is 3.60. The molecule has 0 aliphatic heterocycles. The number of pyridine rings is 1. The number of hydrogen-bond acceptors (Lipinski definition) is 5. The van der Waals surface area contributed by atoms with Crippen molar-refractivity contribution in [2.24, 2.45) is 0 Å². The van der Waals surface area contributed by atoms with E-state index in [0.717, 1.165) is 41.2 Å². The molecule has 0 aliphatic rings. The van der Waals surface area contributed by atoms with E-state index in [-0.39, 0.29) is 0 Å². The first kappa shape index (κ1) is 16.7. The molecule has 7 nitrogen and oxygen atoms in total. The number of aromatic nitrogens is 3. The van der Waals surface area contributed by atoms with Gasteiger partial charge in [-0.2, -0.15) is 0 Å². The summed E-state index contributed by atoms with van der Waals surface area (Å²) in [6, 6.07) is 5.92. The summed E-state index contributed by atoms with van der Waals surface area (Å²) in [5, 5.41) is 1.00. The Hall–Kier alpha value is -2.19. The van der Waals surface area contributed by atoms with E-state index in [1.807, 2.05) is 18.2 Å². The van der Waals surface area contributed by atoms with Crippen molar-refractivity contribution in [1.29, 1.82) is 0 Å². The molecule has 1 radical (unpaired) electrons. The minimum atomic E-state index is -3.13. The van der Waals surface area contributed by atoms with Crippen LogP contribution in [0.4, 0.5) is 5.82 Å². The number of nitrogen functional groups attached to an aromatic ring is 1. The van der Waals surface area contributed by atoms with E-state index in [0.29, 0.717) is 23.7 Å². The van der Waals surface area contributed by atoms with Gasteiger partial charge in [0.1, 0.15) is 11.3 Å². The molecule has 0 saturated heterocycles. The lowest BCUT2D eigenvalue weighted by molar-refractivity contribution is 0.583. The van der Waals surface area contributed by atoms with Gasteiger partial charge in [0.2, 0.25) is 10.0 Å². The summed E-state index contributed by atoms with van der Waals surface area (Å²) in [4.78, 5) is 11.9. The molecule has 3 aromatic rings. The molecule has 0 fully saturated rings. The zero-order valence-corrected chi connectivity index (χ0v) is 14.3. The minimum absolute atomic E-state index is 0.387. The van der Waals surface area contributed by atoms with Crippen LogP contribution in [0.15, 0.2) is 18.2 Å². The first-order chi connectivity index (χ1) is 11.3. The molecule has 0 saturated carbocycles. The highest BCUT2D eigenvalue weighted by Crippen LogP contribution is 2.29. The number of rotatable bonds is 6. The van der Waals surface area contributed by atoms with Gasteiger partial charge in [-0.1, -0.05) is 12.1 Å². The Morgan fingerprint density at radius 1 is 1.29 bits per heavy atom. The average Bonchev–Trinajstić information content (AvgIpc) is 2.88. The lowest BCUT2D eigenvalue weighted by Gasteiger charge is -2.08. The molecule has 8 heteroatoms. The van der Waals surface area contributed by atoms with E-state index in [9.17, 15) is 8.42 Å². The summed E-state index contributed by atoms with van der Waals surface area (Å²) in [6.45, 7) is 4.27. The summed E-state index contributed by atoms with van der Waals surface area (Å²) in [5.41, 5.74) is 9.42. The molecule has 127 valence electrons. The summed E-state index contributed by atoms with van der Waals surface area (Å²) in [7, 11) is -3.13. The van der Waals surface area contributed by atoms with Gasteiger partial charge >= 0.3 is 0 Å². The molecule has 0 bridgehead atoms. The van der Waals surface area contributed by atoms with Crippen LogP contribution in [0.1, 0.15) is 24.2 Å². The van der Waals surface area contributed by atoms with Crippen molar-refractivity contribution in [3.05, 3.63) is 36.5 Å².